The van der Waals surface area contributed by atoms with Crippen LogP contribution >= 0.6 is 0 Å². The number of halogens is 1. The van der Waals surface area contributed by atoms with E-state index in [9.17, 15) is 9.18 Å². The van der Waals surface area contributed by atoms with Gasteiger partial charge in [-0.1, -0.05) is 6.07 Å². The quantitative estimate of drug-likeness (QED) is 0.497. The first-order valence-corrected chi connectivity index (χ1v) is 8.29. The van der Waals surface area contributed by atoms with Crippen LogP contribution in [0.5, 0.6) is 0 Å². The molecule has 1 saturated heterocycles. The summed E-state index contributed by atoms with van der Waals surface area (Å²) in [5, 5.41) is 8.15. The molecule has 0 bridgehead atoms. The Hall–Kier alpha value is -3.16. The number of aliphatic imine (C=N–C) groups is 1. The van der Waals surface area contributed by atoms with Gasteiger partial charge < -0.3 is 5.73 Å². The fraction of sp³-hybridized carbons (Fsp3) is 0.278. The smallest absolute Gasteiger partial charge is 0.232 e. The third kappa shape index (κ3) is 4.08. The minimum Gasteiger partial charge on any atom is -0.383 e. The normalized spacial score (nSPS) is 18.0. The molecule has 0 spiro atoms. The number of carbonyl (C=O) groups excluding carboxylic acids is 1. The predicted octanol–water partition coefficient (Wildman–Crippen LogP) is 1.74. The molecule has 2 aromatic heterocycles. The van der Waals surface area contributed by atoms with Gasteiger partial charge in [0.05, 0.1) is 0 Å². The molecule has 1 aliphatic rings. The van der Waals surface area contributed by atoms with Gasteiger partial charge in [-0.15, -0.1) is 0 Å². The van der Waals surface area contributed by atoms with E-state index in [1.54, 1.807) is 30.6 Å². The molecule has 8 heteroatoms. The molecule has 1 fully saturated rings. The van der Waals surface area contributed by atoms with Crippen molar-refractivity contribution in [1.82, 2.24) is 14.9 Å². The molecule has 2 aromatic rings. The zero-order valence-corrected chi connectivity index (χ0v) is 14.1. The molecule has 26 heavy (non-hydrogen) atoms. The van der Waals surface area contributed by atoms with Crippen molar-refractivity contribution in [3.05, 3.63) is 59.9 Å². The van der Waals surface area contributed by atoms with Crippen LogP contribution in [0.1, 0.15) is 24.0 Å². The van der Waals surface area contributed by atoms with Crippen LogP contribution in [0.25, 0.3) is 0 Å². The van der Waals surface area contributed by atoms with E-state index in [4.69, 9.17) is 11.1 Å². The summed E-state index contributed by atoms with van der Waals surface area (Å²) in [4.78, 5) is 25.7. The van der Waals surface area contributed by atoms with Gasteiger partial charge in [-0.05, 0) is 43.0 Å². The number of pyridine rings is 2. The lowest BCUT2D eigenvalue weighted by molar-refractivity contribution is -0.134. The minimum atomic E-state index is -0.548. The molecular formula is C18H19FN6O. The standard InChI is InChI=1S/C18H19FN6O/c19-15-4-3-12(11-23-15)10-14-2-1-9-25(17(14)26)18(21)24-16(20)13-5-7-22-8-6-13/h3-8,11,14H,1-2,9-10H2,(H3,20,21,24). The van der Waals surface area contributed by atoms with Crippen LogP contribution in [-0.2, 0) is 11.2 Å². The maximum atomic E-state index is 12.9. The number of likely N-dealkylation sites (tertiary alicyclic amines) is 1. The van der Waals surface area contributed by atoms with Gasteiger partial charge in [-0.25, -0.2) is 4.98 Å². The largest absolute Gasteiger partial charge is 0.383 e. The molecule has 0 saturated carbocycles. The zero-order chi connectivity index (χ0) is 18.5. The van der Waals surface area contributed by atoms with Crippen molar-refractivity contribution in [2.75, 3.05) is 6.54 Å². The highest BCUT2D eigenvalue weighted by Crippen LogP contribution is 2.22. The number of nitrogens with two attached hydrogens (primary N) is 1. The molecular weight excluding hydrogens is 335 g/mol. The lowest BCUT2D eigenvalue weighted by Gasteiger charge is -2.31. The van der Waals surface area contributed by atoms with Gasteiger partial charge in [-0.2, -0.15) is 9.38 Å². The average molecular weight is 354 g/mol. The fourth-order valence-corrected chi connectivity index (χ4v) is 2.92. The Morgan fingerprint density at radius 2 is 2.12 bits per heavy atom. The van der Waals surface area contributed by atoms with Crippen molar-refractivity contribution in [2.45, 2.75) is 19.3 Å². The topological polar surface area (TPSA) is 108 Å². The predicted molar refractivity (Wildman–Crippen MR) is 95.0 cm³/mol. The molecule has 1 amide bonds. The first-order chi connectivity index (χ1) is 12.5. The van der Waals surface area contributed by atoms with Crippen LogP contribution in [0.4, 0.5) is 4.39 Å². The maximum absolute atomic E-state index is 12.9. The average Bonchev–Trinajstić information content (AvgIpc) is 2.66. The van der Waals surface area contributed by atoms with Gasteiger partial charge in [-0.3, -0.25) is 20.1 Å². The molecule has 3 heterocycles. The first-order valence-electron chi connectivity index (χ1n) is 8.29. The van der Waals surface area contributed by atoms with Crippen molar-refractivity contribution in [3.63, 3.8) is 0 Å². The van der Waals surface area contributed by atoms with Crippen LogP contribution < -0.4 is 5.73 Å². The zero-order valence-electron chi connectivity index (χ0n) is 14.1. The van der Waals surface area contributed by atoms with E-state index in [0.29, 0.717) is 24.9 Å². The Morgan fingerprint density at radius 3 is 2.81 bits per heavy atom. The van der Waals surface area contributed by atoms with E-state index in [1.807, 2.05) is 0 Å². The van der Waals surface area contributed by atoms with E-state index in [2.05, 4.69) is 15.0 Å². The van der Waals surface area contributed by atoms with Gasteiger partial charge in [0, 0.05) is 36.6 Å². The molecule has 1 unspecified atom stereocenters. The Balaban J connectivity index is 1.70. The van der Waals surface area contributed by atoms with E-state index >= 15 is 0 Å². The number of nitrogens with one attached hydrogen (secondary N) is 1. The van der Waals surface area contributed by atoms with E-state index in [0.717, 1.165) is 12.0 Å². The highest BCUT2D eigenvalue weighted by molar-refractivity contribution is 6.07. The summed E-state index contributed by atoms with van der Waals surface area (Å²) in [6.07, 6.45) is 6.54. The number of amidine groups is 1. The number of amides is 1. The van der Waals surface area contributed by atoms with Crippen molar-refractivity contribution in [3.8, 4) is 0 Å². The molecule has 0 aromatic carbocycles. The van der Waals surface area contributed by atoms with Crippen molar-refractivity contribution in [2.24, 2.45) is 16.6 Å². The number of piperidine rings is 1. The van der Waals surface area contributed by atoms with E-state index in [-0.39, 0.29) is 23.6 Å². The molecule has 134 valence electrons. The van der Waals surface area contributed by atoms with E-state index < -0.39 is 5.95 Å². The molecule has 0 aliphatic carbocycles. The molecule has 7 nitrogen and oxygen atoms in total. The second-order valence-electron chi connectivity index (χ2n) is 6.08. The Labute approximate surface area is 150 Å². The van der Waals surface area contributed by atoms with Crippen molar-refractivity contribution in [1.29, 1.82) is 5.41 Å². The third-order valence-corrected chi connectivity index (χ3v) is 4.28. The summed E-state index contributed by atoms with van der Waals surface area (Å²) >= 11 is 0. The summed E-state index contributed by atoms with van der Waals surface area (Å²) in [5.41, 5.74) is 7.35. The summed E-state index contributed by atoms with van der Waals surface area (Å²) < 4.78 is 12.9. The summed E-state index contributed by atoms with van der Waals surface area (Å²) in [6, 6.07) is 6.28. The highest BCUT2D eigenvalue weighted by Gasteiger charge is 2.31. The van der Waals surface area contributed by atoms with Gasteiger partial charge in [0.25, 0.3) is 0 Å². The van der Waals surface area contributed by atoms with Gasteiger partial charge in [0.15, 0.2) is 0 Å². The Morgan fingerprint density at radius 1 is 1.35 bits per heavy atom. The van der Waals surface area contributed by atoms with Gasteiger partial charge in [0.2, 0.25) is 17.8 Å². The molecule has 0 radical (unpaired) electrons. The second kappa shape index (κ2) is 7.81. The third-order valence-electron chi connectivity index (χ3n) is 4.28. The number of hydrogen-bond donors (Lipinski definition) is 2. The fourth-order valence-electron chi connectivity index (χ4n) is 2.92. The Bertz CT molecular complexity index is 821. The van der Waals surface area contributed by atoms with Crippen LogP contribution in [0.3, 0.4) is 0 Å². The highest BCUT2D eigenvalue weighted by atomic mass is 19.1. The van der Waals surface area contributed by atoms with Crippen molar-refractivity contribution >= 4 is 17.7 Å². The summed E-state index contributed by atoms with van der Waals surface area (Å²) in [6.45, 7) is 0.433. The number of nitrogens with zero attached hydrogens (tertiary/aromatic N) is 4. The minimum absolute atomic E-state index is 0.162. The summed E-state index contributed by atoms with van der Waals surface area (Å²) in [7, 11) is 0. The van der Waals surface area contributed by atoms with Gasteiger partial charge in [0.1, 0.15) is 5.84 Å². The van der Waals surface area contributed by atoms with Crippen LogP contribution in [0.2, 0.25) is 0 Å². The van der Waals surface area contributed by atoms with Crippen LogP contribution in [-0.4, -0.2) is 39.1 Å². The van der Waals surface area contributed by atoms with Gasteiger partial charge >= 0.3 is 0 Å². The molecule has 3 N–H and O–H groups in total. The Kier molecular flexibility index (Phi) is 5.31. The van der Waals surface area contributed by atoms with Crippen LogP contribution in [0, 0.1) is 17.3 Å². The number of hydrogen-bond acceptors (Lipinski definition) is 4. The van der Waals surface area contributed by atoms with E-state index in [1.165, 1.54) is 17.2 Å². The molecule has 1 aliphatic heterocycles. The lowest BCUT2D eigenvalue weighted by atomic mass is 9.91. The molecule has 3 rings (SSSR count). The second-order valence-corrected chi connectivity index (χ2v) is 6.08. The lowest BCUT2D eigenvalue weighted by Crippen LogP contribution is -2.45. The van der Waals surface area contributed by atoms with Crippen LogP contribution in [0.15, 0.2) is 47.8 Å². The van der Waals surface area contributed by atoms with Crippen molar-refractivity contribution < 1.29 is 9.18 Å². The first kappa shape index (κ1) is 17.7. The molecule has 1 atom stereocenters. The monoisotopic (exact) mass is 354 g/mol. The number of rotatable bonds is 3. The maximum Gasteiger partial charge on any atom is 0.232 e. The SMILES string of the molecule is N=C(/N=C(\N)c1ccncc1)N1CCCC(Cc2ccc(F)nc2)C1=O. The number of carbonyl (C=O) groups is 1. The number of guanidine groups is 1. The number of aromatic nitrogens is 2. The summed E-state index contributed by atoms with van der Waals surface area (Å²) in [5.74, 6) is -1.01.